The first-order valence-electron chi connectivity index (χ1n) is 7.81. The summed E-state index contributed by atoms with van der Waals surface area (Å²) < 4.78 is 0. The monoisotopic (exact) mass is 287 g/mol. The van der Waals surface area contributed by atoms with Crippen LogP contribution in [0.5, 0.6) is 0 Å². The van der Waals surface area contributed by atoms with Gasteiger partial charge in [-0.3, -0.25) is 4.79 Å². The summed E-state index contributed by atoms with van der Waals surface area (Å²) in [5.41, 5.74) is 3.58. The van der Waals surface area contributed by atoms with Gasteiger partial charge in [0.25, 0.3) is 0 Å². The maximum Gasteiger partial charge on any atom is 0.228 e. The van der Waals surface area contributed by atoms with Crippen LogP contribution in [0.1, 0.15) is 24.8 Å². The summed E-state index contributed by atoms with van der Waals surface area (Å²) in [6.07, 6.45) is 3.34. The van der Waals surface area contributed by atoms with Gasteiger partial charge >= 0.3 is 0 Å². The van der Waals surface area contributed by atoms with E-state index in [4.69, 9.17) is 0 Å². The van der Waals surface area contributed by atoms with Crippen molar-refractivity contribution in [2.45, 2.75) is 26.2 Å². The number of hydrogen-bond acceptors (Lipinski definition) is 3. The highest BCUT2D eigenvalue weighted by Crippen LogP contribution is 2.58. The van der Waals surface area contributed by atoms with Crippen molar-refractivity contribution in [3.05, 3.63) is 23.8 Å². The van der Waals surface area contributed by atoms with Crippen LogP contribution in [-0.4, -0.2) is 33.1 Å². The molecule has 1 aromatic rings. The molecule has 21 heavy (non-hydrogen) atoms. The third-order valence-electron chi connectivity index (χ3n) is 5.06. The van der Waals surface area contributed by atoms with Gasteiger partial charge in [0.1, 0.15) is 0 Å². The molecule has 1 aliphatic carbocycles. The topological polar surface area (TPSA) is 44.4 Å². The highest BCUT2D eigenvalue weighted by molar-refractivity contribution is 5.95. The van der Waals surface area contributed by atoms with E-state index in [-0.39, 0.29) is 11.8 Å². The molecule has 4 heteroatoms. The van der Waals surface area contributed by atoms with Crippen LogP contribution in [0.2, 0.25) is 0 Å². The lowest BCUT2D eigenvalue weighted by atomic mass is 9.92. The summed E-state index contributed by atoms with van der Waals surface area (Å²) in [4.78, 5) is 14.5. The molecule has 0 aromatic heterocycles. The highest BCUT2D eigenvalue weighted by Gasteiger charge is 2.57. The Morgan fingerprint density at radius 3 is 2.71 bits per heavy atom. The Morgan fingerprint density at radius 1 is 1.33 bits per heavy atom. The second kappa shape index (κ2) is 5.34. The third-order valence-corrected chi connectivity index (χ3v) is 5.06. The maximum atomic E-state index is 12.5. The molecule has 2 N–H and O–H groups in total. The zero-order chi connectivity index (χ0) is 15.0. The van der Waals surface area contributed by atoms with E-state index in [0.29, 0.717) is 5.41 Å². The largest absolute Gasteiger partial charge is 0.377 e. The molecular weight excluding hydrogens is 262 g/mol. The first-order chi connectivity index (χ1) is 10.0. The van der Waals surface area contributed by atoms with Gasteiger partial charge in [-0.1, -0.05) is 6.07 Å². The number of benzene rings is 1. The summed E-state index contributed by atoms with van der Waals surface area (Å²) >= 11 is 0. The zero-order valence-electron chi connectivity index (χ0n) is 13.2. The van der Waals surface area contributed by atoms with Crippen molar-refractivity contribution in [2.75, 3.05) is 37.4 Å². The van der Waals surface area contributed by atoms with Crippen molar-refractivity contribution < 1.29 is 4.79 Å². The van der Waals surface area contributed by atoms with Gasteiger partial charge in [0, 0.05) is 31.4 Å². The minimum absolute atomic E-state index is 0.199. The van der Waals surface area contributed by atoms with E-state index in [1.54, 1.807) is 0 Å². The van der Waals surface area contributed by atoms with Crippen molar-refractivity contribution in [3.63, 3.8) is 0 Å². The molecule has 1 aromatic carbocycles. The molecule has 2 aliphatic rings. The standard InChI is InChI=1S/C17H25N3O/c1-12-4-5-13(10-15(12)20(2)3)19-16(21)14-11-17(14)6-8-18-9-7-17/h4-5,10,14,18H,6-9,11H2,1-3H3,(H,19,21). The summed E-state index contributed by atoms with van der Waals surface area (Å²) in [5, 5.41) is 6.49. The van der Waals surface area contributed by atoms with Crippen molar-refractivity contribution in [2.24, 2.45) is 11.3 Å². The van der Waals surface area contributed by atoms with Crippen molar-refractivity contribution in [1.29, 1.82) is 0 Å². The SMILES string of the molecule is Cc1ccc(NC(=O)C2CC23CCNCC3)cc1N(C)C. The van der Waals surface area contributed by atoms with E-state index in [9.17, 15) is 4.79 Å². The van der Waals surface area contributed by atoms with E-state index in [0.717, 1.165) is 43.7 Å². The van der Waals surface area contributed by atoms with Gasteiger partial charge in [0.05, 0.1) is 0 Å². The quantitative estimate of drug-likeness (QED) is 0.897. The summed E-state index contributed by atoms with van der Waals surface area (Å²) in [7, 11) is 4.05. The molecule has 0 radical (unpaired) electrons. The van der Waals surface area contributed by atoms with Crippen molar-refractivity contribution in [1.82, 2.24) is 5.32 Å². The second-order valence-corrected chi connectivity index (χ2v) is 6.75. The predicted octanol–water partition coefficient (Wildman–Crippen LogP) is 2.39. The van der Waals surface area contributed by atoms with Crippen LogP contribution in [0.15, 0.2) is 18.2 Å². The normalized spacial score (nSPS) is 22.9. The van der Waals surface area contributed by atoms with Crippen LogP contribution in [0.3, 0.4) is 0 Å². The smallest absolute Gasteiger partial charge is 0.228 e. The third kappa shape index (κ3) is 2.77. The van der Waals surface area contributed by atoms with Gasteiger partial charge in [-0.25, -0.2) is 0 Å². The molecule has 1 atom stereocenters. The molecular formula is C17H25N3O. The van der Waals surface area contributed by atoms with Crippen LogP contribution in [0.25, 0.3) is 0 Å². The van der Waals surface area contributed by atoms with Crippen LogP contribution >= 0.6 is 0 Å². The second-order valence-electron chi connectivity index (χ2n) is 6.75. The first-order valence-corrected chi connectivity index (χ1v) is 7.81. The average molecular weight is 287 g/mol. The molecule has 1 saturated heterocycles. The number of carbonyl (C=O) groups excluding carboxylic acids is 1. The molecule has 114 valence electrons. The molecule has 0 bridgehead atoms. The highest BCUT2D eigenvalue weighted by atomic mass is 16.2. The molecule has 4 nitrogen and oxygen atoms in total. The Balaban J connectivity index is 1.67. The van der Waals surface area contributed by atoms with E-state index < -0.39 is 0 Å². The Bertz CT molecular complexity index is 547. The fourth-order valence-corrected chi connectivity index (χ4v) is 3.59. The number of anilines is 2. The number of nitrogens with one attached hydrogen (secondary N) is 2. The minimum Gasteiger partial charge on any atom is -0.377 e. The number of aryl methyl sites for hydroxylation is 1. The lowest BCUT2D eigenvalue weighted by Crippen LogP contribution is -2.31. The Kier molecular flexibility index (Phi) is 3.66. The molecule has 2 fully saturated rings. The van der Waals surface area contributed by atoms with Crippen LogP contribution in [0, 0.1) is 18.3 Å². The number of amides is 1. The van der Waals surface area contributed by atoms with Gasteiger partial charge < -0.3 is 15.5 Å². The Hall–Kier alpha value is -1.55. The van der Waals surface area contributed by atoms with Gasteiger partial charge in [-0.15, -0.1) is 0 Å². The Labute approximate surface area is 126 Å². The van der Waals surface area contributed by atoms with E-state index >= 15 is 0 Å². The summed E-state index contributed by atoms with van der Waals surface area (Å²) in [5.74, 6) is 0.411. The molecule has 1 unspecified atom stereocenters. The number of rotatable bonds is 3. The fraction of sp³-hybridized carbons (Fsp3) is 0.588. The van der Waals surface area contributed by atoms with Crippen LogP contribution in [0.4, 0.5) is 11.4 Å². The molecule has 3 rings (SSSR count). The summed E-state index contributed by atoms with van der Waals surface area (Å²) in [6, 6.07) is 6.13. The van der Waals surface area contributed by atoms with Crippen molar-refractivity contribution in [3.8, 4) is 0 Å². The zero-order valence-corrected chi connectivity index (χ0v) is 13.2. The van der Waals surface area contributed by atoms with E-state index in [2.05, 4.69) is 34.6 Å². The van der Waals surface area contributed by atoms with Gasteiger partial charge in [0.15, 0.2) is 0 Å². The lowest BCUT2D eigenvalue weighted by Gasteiger charge is -2.23. The molecule has 1 saturated carbocycles. The number of hydrogen-bond donors (Lipinski definition) is 2. The number of nitrogens with zero attached hydrogens (tertiary/aromatic N) is 1. The fourth-order valence-electron chi connectivity index (χ4n) is 3.59. The van der Waals surface area contributed by atoms with Crippen molar-refractivity contribution >= 4 is 17.3 Å². The van der Waals surface area contributed by atoms with Gasteiger partial charge in [0.2, 0.25) is 5.91 Å². The molecule has 1 amide bonds. The molecule has 1 aliphatic heterocycles. The predicted molar refractivity (Wildman–Crippen MR) is 86.8 cm³/mol. The first kappa shape index (κ1) is 14.4. The van der Waals surface area contributed by atoms with Crippen LogP contribution in [-0.2, 0) is 4.79 Å². The van der Waals surface area contributed by atoms with Gasteiger partial charge in [-0.05, 0) is 62.4 Å². The Morgan fingerprint density at radius 2 is 2.05 bits per heavy atom. The summed E-state index contributed by atoms with van der Waals surface area (Å²) in [6.45, 7) is 4.20. The van der Waals surface area contributed by atoms with Crippen LogP contribution < -0.4 is 15.5 Å². The van der Waals surface area contributed by atoms with E-state index in [1.165, 1.54) is 5.56 Å². The number of carbonyl (C=O) groups is 1. The maximum absolute atomic E-state index is 12.5. The lowest BCUT2D eigenvalue weighted by molar-refractivity contribution is -0.118. The van der Waals surface area contributed by atoms with E-state index in [1.807, 2.05) is 20.2 Å². The minimum atomic E-state index is 0.199. The average Bonchev–Trinajstić information content (AvgIpc) is 3.15. The molecule has 1 spiro atoms. The van der Waals surface area contributed by atoms with Gasteiger partial charge in [-0.2, -0.15) is 0 Å². The number of piperidine rings is 1. The molecule has 1 heterocycles.